The van der Waals surface area contributed by atoms with Gasteiger partial charge >= 0.3 is 0 Å². The fraction of sp³-hybridized carbons (Fsp3) is 0.350. The van der Waals surface area contributed by atoms with Crippen molar-refractivity contribution in [1.82, 2.24) is 19.7 Å². The van der Waals surface area contributed by atoms with Crippen molar-refractivity contribution in [2.24, 2.45) is 0 Å². The van der Waals surface area contributed by atoms with E-state index in [-0.39, 0.29) is 5.91 Å². The summed E-state index contributed by atoms with van der Waals surface area (Å²) >= 11 is 0. The fourth-order valence-electron chi connectivity index (χ4n) is 3.54. The molecule has 1 aliphatic rings. The Hall–Kier alpha value is -2.69. The molecular weight excluding hydrogens is 312 g/mol. The fourth-order valence-corrected chi connectivity index (χ4v) is 3.54. The van der Waals surface area contributed by atoms with Crippen molar-refractivity contribution in [1.29, 1.82) is 0 Å². The van der Waals surface area contributed by atoms with Gasteiger partial charge in [-0.15, -0.1) is 0 Å². The summed E-state index contributed by atoms with van der Waals surface area (Å²) in [6.45, 7) is 7.62. The molecule has 2 aromatic heterocycles. The van der Waals surface area contributed by atoms with Crippen molar-refractivity contribution in [3.8, 4) is 5.69 Å². The van der Waals surface area contributed by atoms with Gasteiger partial charge in [0.2, 0.25) is 0 Å². The van der Waals surface area contributed by atoms with Gasteiger partial charge in [-0.3, -0.25) is 4.79 Å². The molecule has 0 radical (unpaired) electrons. The predicted octanol–water partition coefficient (Wildman–Crippen LogP) is 3.58. The van der Waals surface area contributed by atoms with E-state index in [4.69, 9.17) is 4.98 Å². The molecule has 1 aliphatic heterocycles. The van der Waals surface area contributed by atoms with Gasteiger partial charge in [-0.1, -0.05) is 17.7 Å². The molecule has 3 heterocycles. The second-order valence-corrected chi connectivity index (χ2v) is 6.84. The van der Waals surface area contributed by atoms with Gasteiger partial charge in [0.1, 0.15) is 0 Å². The van der Waals surface area contributed by atoms with Crippen molar-refractivity contribution in [3.63, 3.8) is 0 Å². The normalized spacial score (nSPS) is 14.4. The number of aromatic nitrogens is 3. The predicted molar refractivity (Wildman–Crippen MR) is 98.2 cm³/mol. The van der Waals surface area contributed by atoms with Crippen LogP contribution in [0.1, 0.15) is 40.2 Å². The lowest BCUT2D eigenvalue weighted by Crippen LogP contribution is -2.28. The lowest BCUT2D eigenvalue weighted by Gasteiger charge is -2.16. The molecule has 0 aliphatic carbocycles. The Labute approximate surface area is 147 Å². The van der Waals surface area contributed by atoms with Crippen LogP contribution in [0.5, 0.6) is 0 Å². The van der Waals surface area contributed by atoms with Crippen molar-refractivity contribution in [3.05, 3.63) is 52.8 Å². The van der Waals surface area contributed by atoms with Gasteiger partial charge < -0.3 is 4.90 Å². The molecule has 0 spiro atoms. The van der Waals surface area contributed by atoms with E-state index in [1.165, 1.54) is 5.56 Å². The Balaban J connectivity index is 1.91. The van der Waals surface area contributed by atoms with Crippen LogP contribution in [0, 0.1) is 20.8 Å². The minimum absolute atomic E-state index is 0.0968. The Morgan fingerprint density at radius 3 is 2.40 bits per heavy atom. The van der Waals surface area contributed by atoms with Crippen LogP contribution in [0.4, 0.5) is 0 Å². The van der Waals surface area contributed by atoms with E-state index < -0.39 is 0 Å². The van der Waals surface area contributed by atoms with Crippen LogP contribution in [0.25, 0.3) is 16.7 Å². The summed E-state index contributed by atoms with van der Waals surface area (Å²) < 4.78 is 1.85. The smallest absolute Gasteiger partial charge is 0.254 e. The van der Waals surface area contributed by atoms with E-state index in [1.54, 1.807) is 0 Å². The van der Waals surface area contributed by atoms with E-state index >= 15 is 0 Å². The molecule has 1 amide bonds. The van der Waals surface area contributed by atoms with Crippen molar-refractivity contribution >= 4 is 16.9 Å². The first-order valence-electron chi connectivity index (χ1n) is 8.78. The minimum Gasteiger partial charge on any atom is -0.339 e. The summed E-state index contributed by atoms with van der Waals surface area (Å²) in [7, 11) is 0. The number of pyridine rings is 1. The molecule has 0 N–H and O–H groups in total. The summed E-state index contributed by atoms with van der Waals surface area (Å²) in [5.41, 5.74) is 5.31. The highest BCUT2D eigenvalue weighted by Gasteiger charge is 2.25. The molecule has 0 unspecified atom stereocenters. The van der Waals surface area contributed by atoms with Gasteiger partial charge in [0.25, 0.3) is 5.91 Å². The van der Waals surface area contributed by atoms with Gasteiger partial charge in [0.15, 0.2) is 5.65 Å². The number of benzene rings is 1. The average molecular weight is 334 g/mol. The highest BCUT2D eigenvalue weighted by molar-refractivity contribution is 6.06. The number of carbonyl (C=O) groups excluding carboxylic acids is 1. The third-order valence-electron chi connectivity index (χ3n) is 4.84. The first kappa shape index (κ1) is 15.8. The van der Waals surface area contributed by atoms with Crippen LogP contribution in [-0.2, 0) is 0 Å². The quantitative estimate of drug-likeness (QED) is 0.720. The number of aryl methyl sites for hydroxylation is 3. The van der Waals surface area contributed by atoms with Crippen LogP contribution in [0.15, 0.2) is 30.3 Å². The van der Waals surface area contributed by atoms with E-state index in [1.807, 2.05) is 41.6 Å². The van der Waals surface area contributed by atoms with E-state index in [0.29, 0.717) is 0 Å². The first-order valence-corrected chi connectivity index (χ1v) is 8.78. The number of amides is 1. The molecule has 1 aromatic carbocycles. The molecule has 0 saturated carbocycles. The summed E-state index contributed by atoms with van der Waals surface area (Å²) in [6, 6.07) is 10.1. The molecule has 5 nitrogen and oxygen atoms in total. The van der Waals surface area contributed by atoms with E-state index in [0.717, 1.165) is 59.6 Å². The van der Waals surface area contributed by atoms with Crippen LogP contribution in [0.2, 0.25) is 0 Å². The third-order valence-corrected chi connectivity index (χ3v) is 4.84. The second-order valence-electron chi connectivity index (χ2n) is 6.84. The van der Waals surface area contributed by atoms with Crippen LogP contribution >= 0.6 is 0 Å². The summed E-state index contributed by atoms with van der Waals surface area (Å²) in [4.78, 5) is 19.7. The standard InChI is InChI=1S/C20H22N4O/c1-13-6-8-16(9-7-13)24-19-18(15(3)22-24)17(12-14(2)21-19)20(25)23-10-4-5-11-23/h6-9,12H,4-5,10-11H2,1-3H3. The summed E-state index contributed by atoms with van der Waals surface area (Å²) in [5.74, 6) is 0.0968. The van der Waals surface area contributed by atoms with Crippen molar-refractivity contribution < 1.29 is 4.79 Å². The topological polar surface area (TPSA) is 51.0 Å². The molecule has 0 bridgehead atoms. The second kappa shape index (κ2) is 5.99. The Kier molecular flexibility index (Phi) is 3.79. The Bertz CT molecular complexity index is 950. The van der Waals surface area contributed by atoms with Crippen LogP contribution < -0.4 is 0 Å². The Morgan fingerprint density at radius 1 is 1.04 bits per heavy atom. The van der Waals surface area contributed by atoms with Crippen LogP contribution in [-0.4, -0.2) is 38.7 Å². The average Bonchev–Trinajstić information content (AvgIpc) is 3.23. The van der Waals surface area contributed by atoms with Gasteiger partial charge in [0, 0.05) is 18.8 Å². The largest absolute Gasteiger partial charge is 0.339 e. The highest BCUT2D eigenvalue weighted by atomic mass is 16.2. The molecule has 3 aromatic rings. The maximum absolute atomic E-state index is 13.0. The van der Waals surface area contributed by atoms with Gasteiger partial charge in [0.05, 0.1) is 22.3 Å². The SMILES string of the molecule is Cc1ccc(-n2nc(C)c3c(C(=O)N4CCCC4)cc(C)nc32)cc1. The first-order chi connectivity index (χ1) is 12.0. The number of hydrogen-bond donors (Lipinski definition) is 0. The summed E-state index contributed by atoms with van der Waals surface area (Å²) in [6.07, 6.45) is 2.17. The third kappa shape index (κ3) is 2.69. The zero-order valence-electron chi connectivity index (χ0n) is 14.9. The molecule has 1 saturated heterocycles. The minimum atomic E-state index is 0.0968. The number of carbonyl (C=O) groups is 1. The lowest BCUT2D eigenvalue weighted by atomic mass is 10.1. The molecule has 128 valence electrons. The van der Waals surface area contributed by atoms with Crippen molar-refractivity contribution in [2.75, 3.05) is 13.1 Å². The molecule has 4 rings (SSSR count). The lowest BCUT2D eigenvalue weighted by molar-refractivity contribution is 0.0794. The Morgan fingerprint density at radius 2 is 1.72 bits per heavy atom. The molecule has 5 heteroatoms. The molecule has 1 fully saturated rings. The maximum Gasteiger partial charge on any atom is 0.254 e. The molecular formula is C20H22N4O. The van der Waals surface area contributed by atoms with E-state index in [2.05, 4.69) is 24.2 Å². The number of rotatable bonds is 2. The number of likely N-dealkylation sites (tertiary alicyclic amines) is 1. The van der Waals surface area contributed by atoms with Gasteiger partial charge in [-0.25, -0.2) is 9.67 Å². The maximum atomic E-state index is 13.0. The number of hydrogen-bond acceptors (Lipinski definition) is 3. The number of fused-ring (bicyclic) bond motifs is 1. The highest BCUT2D eigenvalue weighted by Crippen LogP contribution is 2.27. The van der Waals surface area contributed by atoms with E-state index in [9.17, 15) is 4.79 Å². The monoisotopic (exact) mass is 334 g/mol. The van der Waals surface area contributed by atoms with Crippen LogP contribution in [0.3, 0.4) is 0 Å². The van der Waals surface area contributed by atoms with Crippen molar-refractivity contribution in [2.45, 2.75) is 33.6 Å². The van der Waals surface area contributed by atoms with Gasteiger partial charge in [-0.2, -0.15) is 5.10 Å². The zero-order valence-corrected chi connectivity index (χ0v) is 14.9. The zero-order chi connectivity index (χ0) is 17.6. The molecule has 0 atom stereocenters. The molecule has 25 heavy (non-hydrogen) atoms. The number of nitrogens with zero attached hydrogens (tertiary/aromatic N) is 4. The summed E-state index contributed by atoms with van der Waals surface area (Å²) in [5, 5.41) is 5.55. The van der Waals surface area contributed by atoms with Gasteiger partial charge in [-0.05, 0) is 51.8 Å².